The van der Waals surface area contributed by atoms with Crippen molar-refractivity contribution in [1.82, 2.24) is 0 Å². The second-order valence-electron chi connectivity index (χ2n) is 3.55. The molecule has 1 rings (SSSR count). The van der Waals surface area contributed by atoms with Gasteiger partial charge in [-0.1, -0.05) is 13.0 Å². The van der Waals surface area contributed by atoms with Gasteiger partial charge >= 0.3 is 0 Å². The number of ether oxygens (including phenoxy) is 1. The number of rotatable bonds is 3. The fraction of sp³-hybridized carbons (Fsp3) is 0.500. The van der Waals surface area contributed by atoms with Crippen LogP contribution in [-0.4, -0.2) is 7.11 Å². The summed E-state index contributed by atoms with van der Waals surface area (Å²) in [5, 5.41) is 0.111. The minimum absolute atomic E-state index is 0.111. The summed E-state index contributed by atoms with van der Waals surface area (Å²) in [5.41, 5.74) is 3.56. The number of halogens is 1. The van der Waals surface area contributed by atoms with Crippen molar-refractivity contribution in [3.63, 3.8) is 0 Å². The Balaban J connectivity index is 3.14. The summed E-state index contributed by atoms with van der Waals surface area (Å²) in [4.78, 5) is 0. The van der Waals surface area contributed by atoms with Crippen LogP contribution in [0.25, 0.3) is 0 Å². The van der Waals surface area contributed by atoms with Gasteiger partial charge in [-0.2, -0.15) is 0 Å². The molecule has 0 bridgehead atoms. The van der Waals surface area contributed by atoms with Crippen LogP contribution in [0.5, 0.6) is 5.75 Å². The van der Waals surface area contributed by atoms with Gasteiger partial charge in [-0.05, 0) is 43.0 Å². The molecular weight excluding hydrogens is 196 g/mol. The molecule has 0 amide bonds. The highest BCUT2D eigenvalue weighted by molar-refractivity contribution is 6.20. The Hall–Kier alpha value is -0.690. The molecule has 0 aliphatic rings. The van der Waals surface area contributed by atoms with Crippen molar-refractivity contribution >= 4 is 11.6 Å². The van der Waals surface area contributed by atoms with Gasteiger partial charge < -0.3 is 4.74 Å². The quantitative estimate of drug-likeness (QED) is 0.689. The van der Waals surface area contributed by atoms with Gasteiger partial charge in [0.15, 0.2) is 0 Å². The van der Waals surface area contributed by atoms with E-state index in [4.69, 9.17) is 16.3 Å². The lowest BCUT2D eigenvalue weighted by Gasteiger charge is -2.14. The van der Waals surface area contributed by atoms with Gasteiger partial charge in [0.1, 0.15) is 5.75 Å². The number of hydrogen-bond donors (Lipinski definition) is 0. The molecule has 1 aromatic rings. The van der Waals surface area contributed by atoms with Crippen LogP contribution in [0.3, 0.4) is 0 Å². The normalized spacial score (nSPS) is 12.6. The van der Waals surface area contributed by atoms with Crippen LogP contribution in [0.1, 0.15) is 35.4 Å². The molecule has 1 unspecified atom stereocenters. The third-order valence-electron chi connectivity index (χ3n) is 2.48. The Labute approximate surface area is 91.0 Å². The highest BCUT2D eigenvalue weighted by atomic mass is 35.5. The van der Waals surface area contributed by atoms with E-state index in [1.807, 2.05) is 6.92 Å². The zero-order chi connectivity index (χ0) is 10.7. The largest absolute Gasteiger partial charge is 0.496 e. The van der Waals surface area contributed by atoms with E-state index in [1.54, 1.807) is 7.11 Å². The van der Waals surface area contributed by atoms with Gasteiger partial charge in [-0.25, -0.2) is 0 Å². The van der Waals surface area contributed by atoms with Crippen molar-refractivity contribution in [2.24, 2.45) is 0 Å². The van der Waals surface area contributed by atoms with Crippen LogP contribution < -0.4 is 4.74 Å². The van der Waals surface area contributed by atoms with Gasteiger partial charge in [0.25, 0.3) is 0 Å². The van der Waals surface area contributed by atoms with Crippen molar-refractivity contribution in [1.29, 1.82) is 0 Å². The molecule has 0 aliphatic heterocycles. The summed E-state index contributed by atoms with van der Waals surface area (Å²) in [7, 11) is 1.69. The Morgan fingerprint density at radius 1 is 1.29 bits per heavy atom. The molecule has 1 atom stereocenters. The van der Waals surface area contributed by atoms with Crippen LogP contribution in [0.4, 0.5) is 0 Å². The van der Waals surface area contributed by atoms with Gasteiger partial charge in [-0.15, -0.1) is 11.6 Å². The van der Waals surface area contributed by atoms with Crippen LogP contribution >= 0.6 is 11.6 Å². The highest BCUT2D eigenvalue weighted by Gasteiger charge is 2.11. The summed E-state index contributed by atoms with van der Waals surface area (Å²) < 4.78 is 5.25. The fourth-order valence-electron chi connectivity index (χ4n) is 1.59. The van der Waals surface area contributed by atoms with E-state index < -0.39 is 0 Å². The van der Waals surface area contributed by atoms with E-state index >= 15 is 0 Å². The first-order chi connectivity index (χ1) is 6.60. The lowest BCUT2D eigenvalue weighted by Crippen LogP contribution is -1.96. The molecule has 0 radical (unpaired) electrons. The lowest BCUT2D eigenvalue weighted by molar-refractivity contribution is 0.411. The molecule has 2 heteroatoms. The molecule has 0 N–H and O–H groups in total. The molecule has 1 aromatic carbocycles. The Morgan fingerprint density at radius 3 is 2.43 bits per heavy atom. The smallest absolute Gasteiger partial charge is 0.122 e. The summed E-state index contributed by atoms with van der Waals surface area (Å²) in [6.45, 7) is 6.21. The van der Waals surface area contributed by atoms with Crippen LogP contribution in [0.15, 0.2) is 12.1 Å². The number of alkyl halides is 1. The molecule has 1 nitrogen and oxygen atoms in total. The monoisotopic (exact) mass is 212 g/mol. The van der Waals surface area contributed by atoms with Crippen molar-refractivity contribution < 1.29 is 4.74 Å². The summed E-state index contributed by atoms with van der Waals surface area (Å²) in [6, 6.07) is 4.17. The Bertz CT molecular complexity index is 320. The van der Waals surface area contributed by atoms with Crippen LogP contribution in [0.2, 0.25) is 0 Å². The van der Waals surface area contributed by atoms with Crippen molar-refractivity contribution in [2.75, 3.05) is 7.11 Å². The predicted molar refractivity (Wildman–Crippen MR) is 61.4 cm³/mol. The third kappa shape index (κ3) is 2.21. The number of aryl methyl sites for hydroxylation is 2. The molecule has 0 spiro atoms. The molecule has 78 valence electrons. The SMILES string of the molecule is CCC(Cl)c1cc(C)c(OC)cc1C. The summed E-state index contributed by atoms with van der Waals surface area (Å²) in [6.07, 6.45) is 0.953. The first-order valence-electron chi connectivity index (χ1n) is 4.89. The maximum Gasteiger partial charge on any atom is 0.122 e. The Kier molecular flexibility index (Phi) is 3.82. The minimum Gasteiger partial charge on any atom is -0.496 e. The standard InChI is InChI=1S/C12H17ClO/c1-5-11(13)10-6-9(3)12(14-4)7-8(10)2/h6-7,11H,5H2,1-4H3. The van der Waals surface area contributed by atoms with E-state index in [0.29, 0.717) is 0 Å². The first kappa shape index (κ1) is 11.4. The lowest BCUT2D eigenvalue weighted by atomic mass is 10.0. The van der Waals surface area contributed by atoms with Crippen molar-refractivity contribution in [3.8, 4) is 5.75 Å². The topological polar surface area (TPSA) is 9.23 Å². The Morgan fingerprint density at radius 2 is 1.93 bits per heavy atom. The zero-order valence-electron chi connectivity index (χ0n) is 9.23. The van der Waals surface area contributed by atoms with E-state index in [2.05, 4.69) is 26.0 Å². The second kappa shape index (κ2) is 4.70. The molecule has 0 fully saturated rings. The van der Waals surface area contributed by atoms with Crippen LogP contribution in [0, 0.1) is 13.8 Å². The van der Waals surface area contributed by atoms with Crippen molar-refractivity contribution in [2.45, 2.75) is 32.6 Å². The predicted octanol–water partition coefficient (Wildman–Crippen LogP) is 4.00. The number of hydrogen-bond acceptors (Lipinski definition) is 1. The molecule has 14 heavy (non-hydrogen) atoms. The first-order valence-corrected chi connectivity index (χ1v) is 5.33. The van der Waals surface area contributed by atoms with Gasteiger partial charge in [-0.3, -0.25) is 0 Å². The number of benzene rings is 1. The molecular formula is C12H17ClO. The maximum atomic E-state index is 6.22. The molecule has 0 aromatic heterocycles. The molecule has 0 saturated carbocycles. The van der Waals surface area contributed by atoms with E-state index in [-0.39, 0.29) is 5.38 Å². The van der Waals surface area contributed by atoms with Gasteiger partial charge in [0.05, 0.1) is 12.5 Å². The van der Waals surface area contributed by atoms with E-state index in [9.17, 15) is 0 Å². The maximum absolute atomic E-state index is 6.22. The molecule has 0 aliphatic carbocycles. The van der Waals surface area contributed by atoms with Crippen LogP contribution in [-0.2, 0) is 0 Å². The van der Waals surface area contributed by atoms with Gasteiger partial charge in [0.2, 0.25) is 0 Å². The molecule has 0 saturated heterocycles. The van der Waals surface area contributed by atoms with Gasteiger partial charge in [0, 0.05) is 0 Å². The number of methoxy groups -OCH3 is 1. The highest BCUT2D eigenvalue weighted by Crippen LogP contribution is 2.31. The van der Waals surface area contributed by atoms with Crippen molar-refractivity contribution in [3.05, 3.63) is 28.8 Å². The average Bonchev–Trinajstić information content (AvgIpc) is 2.19. The molecule has 0 heterocycles. The summed E-state index contributed by atoms with van der Waals surface area (Å²) in [5.74, 6) is 0.936. The second-order valence-corrected chi connectivity index (χ2v) is 4.08. The average molecular weight is 213 g/mol. The van der Waals surface area contributed by atoms with E-state index in [1.165, 1.54) is 11.1 Å². The summed E-state index contributed by atoms with van der Waals surface area (Å²) >= 11 is 6.22. The van der Waals surface area contributed by atoms with E-state index in [0.717, 1.165) is 17.7 Å². The zero-order valence-corrected chi connectivity index (χ0v) is 9.98. The minimum atomic E-state index is 0.111. The fourth-order valence-corrected chi connectivity index (χ4v) is 1.82. The third-order valence-corrected chi connectivity index (χ3v) is 3.02.